The topological polar surface area (TPSA) is 61.3 Å². The number of aromatic nitrogens is 2. The van der Waals surface area contributed by atoms with Crippen LogP contribution in [-0.4, -0.2) is 40.8 Å². The summed E-state index contributed by atoms with van der Waals surface area (Å²) in [6, 6.07) is 2.14. The van der Waals surface area contributed by atoms with Crippen LogP contribution in [0.25, 0.3) is 10.2 Å². The van der Waals surface area contributed by atoms with Gasteiger partial charge in [-0.1, -0.05) is 0 Å². The van der Waals surface area contributed by atoms with Crippen molar-refractivity contribution in [3.8, 4) is 0 Å². The van der Waals surface area contributed by atoms with Gasteiger partial charge in [0.05, 0.1) is 11.5 Å². The lowest BCUT2D eigenvalue weighted by Crippen LogP contribution is -2.38. The molecule has 3 rings (SSSR count). The lowest BCUT2D eigenvalue weighted by Gasteiger charge is -2.31. The van der Waals surface area contributed by atoms with Crippen LogP contribution in [0.3, 0.4) is 0 Å². The Kier molecular flexibility index (Phi) is 3.76. The van der Waals surface area contributed by atoms with E-state index in [1.807, 2.05) is 6.92 Å². The van der Waals surface area contributed by atoms with Gasteiger partial charge in [-0.3, -0.25) is 0 Å². The molecule has 2 N–H and O–H groups in total. The van der Waals surface area contributed by atoms with Crippen molar-refractivity contribution in [3.05, 3.63) is 10.9 Å². The molecule has 0 bridgehead atoms. The molecule has 1 aliphatic rings. The Morgan fingerprint density at radius 1 is 1.50 bits per heavy atom. The van der Waals surface area contributed by atoms with Crippen LogP contribution in [0, 0.1) is 6.92 Å². The van der Waals surface area contributed by atoms with Gasteiger partial charge in [-0.2, -0.15) is 4.98 Å². The first-order valence-electron chi connectivity index (χ1n) is 7.12. The van der Waals surface area contributed by atoms with E-state index < -0.39 is 0 Å². The van der Waals surface area contributed by atoms with Crippen LogP contribution in [0.1, 0.15) is 24.6 Å². The Morgan fingerprint density at radius 3 is 3.10 bits per heavy atom. The Morgan fingerprint density at radius 2 is 2.35 bits per heavy atom. The van der Waals surface area contributed by atoms with Gasteiger partial charge in [0.15, 0.2) is 0 Å². The molecule has 1 saturated heterocycles. The normalized spacial score (nSPS) is 19.6. The average molecular weight is 292 g/mol. The molecule has 0 amide bonds. The van der Waals surface area contributed by atoms with Gasteiger partial charge in [-0.25, -0.2) is 4.98 Å². The number of hydrogen-bond donors (Lipinski definition) is 2. The third kappa shape index (κ3) is 2.58. The van der Waals surface area contributed by atoms with E-state index in [1.165, 1.54) is 4.88 Å². The fraction of sp³-hybridized carbons (Fsp3) is 0.571. The number of nitrogens with one attached hydrogen (secondary N) is 1. The SMILES string of the molecule is CCNc1nc(N2CCCC(O)C2)c2cc(C)sc2n1. The summed E-state index contributed by atoms with van der Waals surface area (Å²) in [4.78, 5) is 13.7. The highest BCUT2D eigenvalue weighted by atomic mass is 32.1. The molecule has 0 aromatic carbocycles. The summed E-state index contributed by atoms with van der Waals surface area (Å²) in [6.45, 7) is 6.54. The van der Waals surface area contributed by atoms with Crippen LogP contribution in [0.4, 0.5) is 11.8 Å². The first kappa shape index (κ1) is 13.6. The molecule has 3 heterocycles. The first-order valence-corrected chi connectivity index (χ1v) is 7.94. The number of β-amino-alcohol motifs (C(OH)–C–C–N with tert-alkyl or cyclic N) is 1. The standard InChI is InChI=1S/C14H20N4OS/c1-3-15-14-16-12(18-6-4-5-10(19)8-18)11-7-9(2)20-13(11)17-14/h7,10,19H,3-6,8H2,1-2H3,(H,15,16,17). The van der Waals surface area contributed by atoms with E-state index in [-0.39, 0.29) is 6.10 Å². The second-order valence-corrected chi connectivity index (χ2v) is 6.45. The van der Waals surface area contributed by atoms with E-state index in [0.29, 0.717) is 12.5 Å². The lowest BCUT2D eigenvalue weighted by atomic mass is 10.1. The molecule has 5 nitrogen and oxygen atoms in total. The number of nitrogens with zero attached hydrogens (tertiary/aromatic N) is 3. The molecule has 2 aromatic heterocycles. The Bertz CT molecular complexity index is 612. The first-order chi connectivity index (χ1) is 9.67. The summed E-state index contributed by atoms with van der Waals surface area (Å²) < 4.78 is 0. The van der Waals surface area contributed by atoms with Crippen LogP contribution in [0.5, 0.6) is 0 Å². The van der Waals surface area contributed by atoms with Crippen molar-refractivity contribution in [2.75, 3.05) is 29.9 Å². The van der Waals surface area contributed by atoms with Crippen molar-refractivity contribution >= 4 is 33.3 Å². The van der Waals surface area contributed by atoms with Gasteiger partial charge in [0.1, 0.15) is 10.6 Å². The largest absolute Gasteiger partial charge is 0.391 e. The molecule has 108 valence electrons. The maximum absolute atomic E-state index is 9.89. The van der Waals surface area contributed by atoms with Crippen LogP contribution >= 0.6 is 11.3 Å². The van der Waals surface area contributed by atoms with Crippen molar-refractivity contribution in [1.82, 2.24) is 9.97 Å². The molecule has 2 aromatic rings. The van der Waals surface area contributed by atoms with Gasteiger partial charge in [-0.15, -0.1) is 11.3 Å². The second kappa shape index (κ2) is 5.54. The predicted molar refractivity (Wildman–Crippen MR) is 83.8 cm³/mol. The van der Waals surface area contributed by atoms with Crippen molar-refractivity contribution in [2.24, 2.45) is 0 Å². The van der Waals surface area contributed by atoms with Gasteiger partial charge >= 0.3 is 0 Å². The summed E-state index contributed by atoms with van der Waals surface area (Å²) in [5.41, 5.74) is 0. The van der Waals surface area contributed by atoms with E-state index in [2.05, 4.69) is 33.2 Å². The Labute approximate surface area is 122 Å². The fourth-order valence-electron chi connectivity index (χ4n) is 2.65. The number of aliphatic hydroxyl groups excluding tert-OH is 1. The zero-order valence-corrected chi connectivity index (χ0v) is 12.7. The van der Waals surface area contributed by atoms with Crippen LogP contribution < -0.4 is 10.2 Å². The van der Waals surface area contributed by atoms with E-state index in [4.69, 9.17) is 0 Å². The van der Waals surface area contributed by atoms with Crippen LogP contribution in [0.15, 0.2) is 6.07 Å². The van der Waals surface area contributed by atoms with Gasteiger partial charge in [0.25, 0.3) is 0 Å². The van der Waals surface area contributed by atoms with E-state index >= 15 is 0 Å². The zero-order valence-electron chi connectivity index (χ0n) is 11.9. The predicted octanol–water partition coefficient (Wildman–Crippen LogP) is 2.39. The minimum absolute atomic E-state index is 0.254. The van der Waals surface area contributed by atoms with Crippen LogP contribution in [0.2, 0.25) is 0 Å². The molecule has 1 unspecified atom stereocenters. The maximum Gasteiger partial charge on any atom is 0.226 e. The monoisotopic (exact) mass is 292 g/mol. The molecular weight excluding hydrogens is 272 g/mol. The third-order valence-electron chi connectivity index (χ3n) is 3.53. The maximum atomic E-state index is 9.89. The third-order valence-corrected chi connectivity index (χ3v) is 4.47. The van der Waals surface area contributed by atoms with Gasteiger partial charge in [0, 0.05) is 24.5 Å². The number of hydrogen-bond acceptors (Lipinski definition) is 6. The Balaban J connectivity index is 2.06. The fourth-order valence-corrected chi connectivity index (χ4v) is 3.53. The molecule has 1 atom stereocenters. The summed E-state index contributed by atoms with van der Waals surface area (Å²) in [5.74, 6) is 1.63. The van der Waals surface area contributed by atoms with Gasteiger partial charge in [0.2, 0.25) is 5.95 Å². The Hall–Kier alpha value is -1.40. The minimum atomic E-state index is -0.254. The smallest absolute Gasteiger partial charge is 0.226 e. The number of fused-ring (bicyclic) bond motifs is 1. The number of aryl methyl sites for hydroxylation is 1. The number of rotatable bonds is 3. The van der Waals surface area contributed by atoms with Gasteiger partial charge in [-0.05, 0) is 32.8 Å². The molecule has 0 aliphatic carbocycles. The molecule has 1 aliphatic heterocycles. The number of thiophene rings is 1. The molecule has 0 saturated carbocycles. The second-order valence-electron chi connectivity index (χ2n) is 5.22. The minimum Gasteiger partial charge on any atom is -0.391 e. The molecule has 0 radical (unpaired) electrons. The molecule has 1 fully saturated rings. The van der Waals surface area contributed by atoms with Crippen molar-refractivity contribution in [1.29, 1.82) is 0 Å². The number of aliphatic hydroxyl groups is 1. The highest BCUT2D eigenvalue weighted by Gasteiger charge is 2.22. The molecule has 6 heteroatoms. The number of piperidine rings is 1. The van der Waals surface area contributed by atoms with E-state index in [0.717, 1.165) is 42.0 Å². The molecular formula is C14H20N4OS. The van der Waals surface area contributed by atoms with Crippen molar-refractivity contribution < 1.29 is 5.11 Å². The average Bonchev–Trinajstić information content (AvgIpc) is 2.78. The molecule has 0 spiro atoms. The van der Waals surface area contributed by atoms with Crippen molar-refractivity contribution in [3.63, 3.8) is 0 Å². The number of anilines is 2. The van der Waals surface area contributed by atoms with E-state index in [9.17, 15) is 5.11 Å². The zero-order chi connectivity index (χ0) is 14.1. The van der Waals surface area contributed by atoms with E-state index in [1.54, 1.807) is 11.3 Å². The summed E-state index contributed by atoms with van der Waals surface area (Å²) >= 11 is 1.69. The summed E-state index contributed by atoms with van der Waals surface area (Å²) in [6.07, 6.45) is 1.64. The van der Waals surface area contributed by atoms with Crippen LogP contribution in [-0.2, 0) is 0 Å². The highest BCUT2D eigenvalue weighted by Crippen LogP contribution is 2.32. The highest BCUT2D eigenvalue weighted by molar-refractivity contribution is 7.18. The lowest BCUT2D eigenvalue weighted by molar-refractivity contribution is 0.154. The molecule has 20 heavy (non-hydrogen) atoms. The van der Waals surface area contributed by atoms with Crippen molar-refractivity contribution in [2.45, 2.75) is 32.8 Å². The quantitative estimate of drug-likeness (QED) is 0.909. The van der Waals surface area contributed by atoms with Gasteiger partial charge < -0.3 is 15.3 Å². The summed E-state index contributed by atoms with van der Waals surface area (Å²) in [5, 5.41) is 14.2. The summed E-state index contributed by atoms with van der Waals surface area (Å²) in [7, 11) is 0.